The van der Waals surface area contributed by atoms with Gasteiger partial charge in [-0.25, -0.2) is 4.79 Å². The summed E-state index contributed by atoms with van der Waals surface area (Å²) in [5, 5.41) is 12.3. The summed E-state index contributed by atoms with van der Waals surface area (Å²) >= 11 is 2.02. The van der Waals surface area contributed by atoms with E-state index < -0.39 is 11.9 Å². The highest BCUT2D eigenvalue weighted by atomic mass is 127. The third kappa shape index (κ3) is 7.48. The van der Waals surface area contributed by atoms with E-state index in [4.69, 9.17) is 14.2 Å². The lowest BCUT2D eigenvalue weighted by atomic mass is 10.1. The van der Waals surface area contributed by atoms with Crippen molar-refractivity contribution >= 4 is 46.2 Å². The number of carbonyl (C=O) groups excluding carboxylic acids is 2. The molecule has 0 atom stereocenters. The second-order valence-electron chi connectivity index (χ2n) is 7.32. The Labute approximate surface area is 222 Å². The molecule has 1 amide bonds. The predicted octanol–water partition coefficient (Wildman–Crippen LogP) is 4.98. The Hall–Kier alpha value is -4.04. The molecular formula is C27H23IN2O6. The largest absolute Gasteiger partial charge is 0.493 e. The van der Waals surface area contributed by atoms with Crippen molar-refractivity contribution in [2.24, 2.45) is 0 Å². The fourth-order valence-corrected chi connectivity index (χ4v) is 3.82. The van der Waals surface area contributed by atoms with Gasteiger partial charge in [0.1, 0.15) is 24.0 Å². The summed E-state index contributed by atoms with van der Waals surface area (Å²) in [5.41, 5.74) is 2.03. The van der Waals surface area contributed by atoms with Crippen LogP contribution >= 0.6 is 22.6 Å². The Morgan fingerprint density at radius 3 is 2.39 bits per heavy atom. The average molecular weight is 598 g/mol. The fraction of sp³-hybridized carbons (Fsp3) is 0.148. The standard InChI is InChI=1S/C27H23IN2O6/c1-33-24-14-19(13-23(28)26(24)36-17-25(31)34-2)12-20(15-29)27(32)30-21-8-10-22(11-9-21)35-16-18-6-4-3-5-7-18/h3-14H,16-17H2,1-2H3,(H,30,32)/b20-12+. The van der Waals surface area contributed by atoms with Crippen LogP contribution in [0.25, 0.3) is 6.08 Å². The molecule has 0 aliphatic heterocycles. The van der Waals surface area contributed by atoms with E-state index in [0.717, 1.165) is 5.56 Å². The summed E-state index contributed by atoms with van der Waals surface area (Å²) in [6, 6.07) is 21.9. The molecule has 3 rings (SSSR count). The smallest absolute Gasteiger partial charge is 0.343 e. The van der Waals surface area contributed by atoms with Crippen molar-refractivity contribution in [1.82, 2.24) is 0 Å². The van der Waals surface area contributed by atoms with Crippen LogP contribution in [0, 0.1) is 14.9 Å². The number of nitriles is 1. The normalized spacial score (nSPS) is 10.7. The molecule has 1 N–H and O–H groups in total. The quantitative estimate of drug-likeness (QED) is 0.152. The SMILES string of the molecule is COC(=O)COc1c(I)cc(/C=C(\C#N)C(=O)Nc2ccc(OCc3ccccc3)cc2)cc1OC. The Morgan fingerprint density at radius 2 is 1.75 bits per heavy atom. The molecule has 8 nitrogen and oxygen atoms in total. The number of methoxy groups -OCH3 is 2. The Bertz CT molecular complexity index is 1280. The predicted molar refractivity (Wildman–Crippen MR) is 143 cm³/mol. The topological polar surface area (TPSA) is 107 Å². The molecule has 0 aliphatic carbocycles. The number of anilines is 1. The van der Waals surface area contributed by atoms with E-state index >= 15 is 0 Å². The molecule has 3 aromatic carbocycles. The average Bonchev–Trinajstić information content (AvgIpc) is 2.90. The maximum atomic E-state index is 12.7. The van der Waals surface area contributed by atoms with Gasteiger partial charge in [0.05, 0.1) is 17.8 Å². The highest BCUT2D eigenvalue weighted by Crippen LogP contribution is 2.34. The fourth-order valence-electron chi connectivity index (χ4n) is 3.04. The number of halogens is 1. The van der Waals surface area contributed by atoms with Crippen molar-refractivity contribution in [1.29, 1.82) is 5.26 Å². The van der Waals surface area contributed by atoms with Gasteiger partial charge >= 0.3 is 5.97 Å². The van der Waals surface area contributed by atoms with E-state index in [0.29, 0.717) is 38.7 Å². The van der Waals surface area contributed by atoms with Crippen molar-refractivity contribution in [2.45, 2.75) is 6.61 Å². The van der Waals surface area contributed by atoms with Gasteiger partial charge in [0.2, 0.25) is 0 Å². The second-order valence-corrected chi connectivity index (χ2v) is 8.48. The van der Waals surface area contributed by atoms with Crippen LogP contribution in [0.1, 0.15) is 11.1 Å². The van der Waals surface area contributed by atoms with Gasteiger partial charge in [0.25, 0.3) is 5.91 Å². The number of nitrogens with zero attached hydrogens (tertiary/aromatic N) is 1. The Kier molecular flexibility index (Phi) is 9.71. The maximum absolute atomic E-state index is 12.7. The Morgan fingerprint density at radius 1 is 1.03 bits per heavy atom. The van der Waals surface area contributed by atoms with E-state index in [-0.39, 0.29) is 12.2 Å². The highest BCUT2D eigenvalue weighted by molar-refractivity contribution is 14.1. The van der Waals surface area contributed by atoms with E-state index in [9.17, 15) is 14.9 Å². The molecule has 0 aromatic heterocycles. The minimum absolute atomic E-state index is 0.0968. The molecule has 3 aromatic rings. The number of ether oxygens (including phenoxy) is 4. The van der Waals surface area contributed by atoms with Gasteiger partial charge in [-0.05, 0) is 76.2 Å². The van der Waals surface area contributed by atoms with Crippen molar-refractivity contribution in [3.8, 4) is 23.3 Å². The van der Waals surface area contributed by atoms with Crippen LogP contribution in [0.15, 0.2) is 72.3 Å². The lowest BCUT2D eigenvalue weighted by Crippen LogP contribution is -2.14. The molecule has 0 bridgehead atoms. The zero-order valence-electron chi connectivity index (χ0n) is 19.6. The van der Waals surface area contributed by atoms with Crippen molar-refractivity contribution in [3.63, 3.8) is 0 Å². The molecular weight excluding hydrogens is 575 g/mol. The van der Waals surface area contributed by atoms with Gasteiger partial charge in [-0.1, -0.05) is 30.3 Å². The van der Waals surface area contributed by atoms with E-state index in [1.54, 1.807) is 36.4 Å². The third-order valence-corrected chi connectivity index (χ3v) is 5.65. The van der Waals surface area contributed by atoms with E-state index in [2.05, 4.69) is 10.1 Å². The summed E-state index contributed by atoms with van der Waals surface area (Å²) in [7, 11) is 2.72. The first-order valence-electron chi connectivity index (χ1n) is 10.7. The molecule has 0 saturated heterocycles. The summed E-state index contributed by atoms with van der Waals surface area (Å²) in [4.78, 5) is 24.1. The number of hydrogen-bond donors (Lipinski definition) is 1. The van der Waals surface area contributed by atoms with Crippen LogP contribution in [0.4, 0.5) is 5.69 Å². The third-order valence-electron chi connectivity index (χ3n) is 4.85. The first-order chi connectivity index (χ1) is 17.4. The first kappa shape index (κ1) is 26.6. The van der Waals surface area contributed by atoms with Crippen LogP contribution < -0.4 is 19.5 Å². The van der Waals surface area contributed by atoms with Crippen LogP contribution in [-0.2, 0) is 20.9 Å². The number of benzene rings is 3. The van der Waals surface area contributed by atoms with Gasteiger partial charge in [0, 0.05) is 5.69 Å². The highest BCUT2D eigenvalue weighted by Gasteiger charge is 2.15. The molecule has 0 aliphatic rings. The molecule has 0 saturated carbocycles. The minimum atomic E-state index is -0.560. The van der Waals surface area contributed by atoms with Crippen LogP contribution in [-0.4, -0.2) is 32.7 Å². The summed E-state index contributed by atoms with van der Waals surface area (Å²) in [6.45, 7) is 0.155. The number of esters is 1. The monoisotopic (exact) mass is 598 g/mol. The van der Waals surface area contributed by atoms with Crippen LogP contribution in [0.5, 0.6) is 17.2 Å². The zero-order chi connectivity index (χ0) is 25.9. The molecule has 0 fully saturated rings. The lowest BCUT2D eigenvalue weighted by Gasteiger charge is -2.13. The molecule has 36 heavy (non-hydrogen) atoms. The zero-order valence-corrected chi connectivity index (χ0v) is 21.8. The molecule has 0 radical (unpaired) electrons. The lowest BCUT2D eigenvalue weighted by molar-refractivity contribution is -0.142. The number of carbonyl (C=O) groups is 2. The molecule has 9 heteroatoms. The van der Waals surface area contributed by atoms with Gasteiger partial charge in [0.15, 0.2) is 18.1 Å². The molecule has 0 unspecified atom stereocenters. The number of hydrogen-bond acceptors (Lipinski definition) is 7. The van der Waals surface area contributed by atoms with Crippen LogP contribution in [0.2, 0.25) is 0 Å². The first-order valence-corrected chi connectivity index (χ1v) is 11.8. The van der Waals surface area contributed by atoms with Crippen LogP contribution in [0.3, 0.4) is 0 Å². The van der Waals surface area contributed by atoms with Gasteiger partial charge in [-0.3, -0.25) is 4.79 Å². The summed E-state index contributed by atoms with van der Waals surface area (Å²) < 4.78 is 21.8. The Balaban J connectivity index is 1.68. The van der Waals surface area contributed by atoms with Crippen molar-refractivity contribution < 1.29 is 28.5 Å². The number of nitrogens with one attached hydrogen (secondary N) is 1. The maximum Gasteiger partial charge on any atom is 0.343 e. The summed E-state index contributed by atoms with van der Waals surface area (Å²) in [5.74, 6) is 0.273. The van der Waals surface area contributed by atoms with Crippen molar-refractivity contribution in [3.05, 3.63) is 87.0 Å². The van der Waals surface area contributed by atoms with Gasteiger partial charge in [-0.2, -0.15) is 5.26 Å². The van der Waals surface area contributed by atoms with Gasteiger partial charge < -0.3 is 24.3 Å². The second kappa shape index (κ2) is 13.2. The van der Waals surface area contributed by atoms with E-state index in [1.807, 2.05) is 59.0 Å². The minimum Gasteiger partial charge on any atom is -0.493 e. The number of rotatable bonds is 10. The summed E-state index contributed by atoms with van der Waals surface area (Å²) in [6.07, 6.45) is 1.45. The van der Waals surface area contributed by atoms with Crippen molar-refractivity contribution in [2.75, 3.05) is 26.1 Å². The molecule has 0 heterocycles. The van der Waals surface area contributed by atoms with E-state index in [1.165, 1.54) is 20.3 Å². The molecule has 0 spiro atoms. The number of amides is 1. The van der Waals surface area contributed by atoms with Gasteiger partial charge in [-0.15, -0.1) is 0 Å². The molecule has 184 valence electrons.